The molecule has 0 heterocycles. The van der Waals surface area contributed by atoms with Gasteiger partial charge in [0.25, 0.3) is 5.91 Å². The molecule has 86 valence electrons. The number of carbonyl (C=O) groups excluding carboxylic acids is 1. The van der Waals surface area contributed by atoms with Gasteiger partial charge >= 0.3 is 0 Å². The van der Waals surface area contributed by atoms with Crippen molar-refractivity contribution in [3.8, 4) is 0 Å². The van der Waals surface area contributed by atoms with E-state index in [1.165, 1.54) is 13.2 Å². The summed E-state index contributed by atoms with van der Waals surface area (Å²) in [5.74, 6) is -0.277. The Bertz CT molecular complexity index is 556. The first-order valence-electron chi connectivity index (χ1n) is 5.30. The van der Waals surface area contributed by atoms with Gasteiger partial charge in [0, 0.05) is 6.08 Å². The first-order valence-corrected chi connectivity index (χ1v) is 5.30. The fourth-order valence-corrected chi connectivity index (χ4v) is 1.70. The van der Waals surface area contributed by atoms with Crippen molar-refractivity contribution in [1.29, 1.82) is 0 Å². The summed E-state index contributed by atoms with van der Waals surface area (Å²) >= 11 is 0. The smallest absolute Gasteiger partial charge is 0.267 e. The van der Waals surface area contributed by atoms with Gasteiger partial charge in [0.2, 0.25) is 0 Å². The van der Waals surface area contributed by atoms with Gasteiger partial charge in [-0.2, -0.15) is 0 Å². The number of benzene rings is 2. The van der Waals surface area contributed by atoms with Gasteiger partial charge < -0.3 is 0 Å². The lowest BCUT2D eigenvalue weighted by Crippen LogP contribution is -2.18. The minimum atomic E-state index is -0.277. The molecule has 0 aliphatic carbocycles. The lowest BCUT2D eigenvalue weighted by atomic mass is 10.0. The molecular formula is C14H13NO2. The first-order chi connectivity index (χ1) is 8.31. The zero-order valence-electron chi connectivity index (χ0n) is 9.51. The second-order valence-electron chi connectivity index (χ2n) is 3.57. The fraction of sp³-hybridized carbons (Fsp3) is 0.0714. The molecule has 3 nitrogen and oxygen atoms in total. The molecule has 17 heavy (non-hydrogen) atoms. The first kappa shape index (κ1) is 11.4. The molecule has 0 bridgehead atoms. The van der Waals surface area contributed by atoms with Gasteiger partial charge in [-0.05, 0) is 22.4 Å². The molecule has 0 aliphatic heterocycles. The second kappa shape index (κ2) is 5.27. The molecule has 2 aromatic rings. The molecule has 0 saturated heterocycles. The molecule has 0 spiro atoms. The van der Waals surface area contributed by atoms with E-state index in [9.17, 15) is 4.79 Å². The summed E-state index contributed by atoms with van der Waals surface area (Å²) < 4.78 is 0. The topological polar surface area (TPSA) is 38.3 Å². The van der Waals surface area contributed by atoms with Crippen LogP contribution in [0.25, 0.3) is 16.8 Å². The fourth-order valence-electron chi connectivity index (χ4n) is 1.70. The zero-order valence-corrected chi connectivity index (χ0v) is 9.51. The van der Waals surface area contributed by atoms with Gasteiger partial charge in [-0.25, -0.2) is 5.48 Å². The minimum Gasteiger partial charge on any atom is -0.277 e. The van der Waals surface area contributed by atoms with Crippen LogP contribution in [0.4, 0.5) is 0 Å². The van der Waals surface area contributed by atoms with E-state index in [1.54, 1.807) is 6.08 Å². The number of hydrogen-bond acceptors (Lipinski definition) is 2. The Kier molecular flexibility index (Phi) is 3.52. The highest BCUT2D eigenvalue weighted by atomic mass is 16.6. The highest BCUT2D eigenvalue weighted by Gasteiger charge is 1.97. The number of amides is 1. The largest absolute Gasteiger partial charge is 0.277 e. The predicted octanol–water partition coefficient (Wildman–Crippen LogP) is 2.53. The average Bonchev–Trinajstić information content (AvgIpc) is 2.36. The lowest BCUT2D eigenvalue weighted by Gasteiger charge is -2.01. The molecule has 1 amide bonds. The molecule has 0 saturated carbocycles. The van der Waals surface area contributed by atoms with Crippen LogP contribution in [-0.2, 0) is 9.63 Å². The van der Waals surface area contributed by atoms with Gasteiger partial charge in [-0.15, -0.1) is 0 Å². The Morgan fingerprint density at radius 3 is 2.76 bits per heavy atom. The summed E-state index contributed by atoms with van der Waals surface area (Å²) in [5, 5.41) is 2.28. The Morgan fingerprint density at radius 2 is 1.94 bits per heavy atom. The molecule has 2 aromatic carbocycles. The van der Waals surface area contributed by atoms with Crippen molar-refractivity contribution in [3.05, 3.63) is 54.1 Å². The SMILES string of the molecule is CONC(=O)/C=C/c1cccc2ccccc12. The van der Waals surface area contributed by atoms with Crippen molar-refractivity contribution >= 4 is 22.8 Å². The van der Waals surface area contributed by atoms with Crippen molar-refractivity contribution in [1.82, 2.24) is 5.48 Å². The van der Waals surface area contributed by atoms with Gasteiger partial charge in [-0.3, -0.25) is 9.63 Å². The summed E-state index contributed by atoms with van der Waals surface area (Å²) in [5.41, 5.74) is 3.25. The molecule has 0 fully saturated rings. The van der Waals surface area contributed by atoms with E-state index in [1.807, 2.05) is 42.5 Å². The van der Waals surface area contributed by atoms with Gasteiger partial charge in [0.1, 0.15) is 0 Å². The predicted molar refractivity (Wildman–Crippen MR) is 68.1 cm³/mol. The molecule has 0 aliphatic rings. The monoisotopic (exact) mass is 227 g/mol. The number of rotatable bonds is 3. The maximum atomic E-state index is 11.2. The second-order valence-corrected chi connectivity index (χ2v) is 3.57. The van der Waals surface area contributed by atoms with Gasteiger partial charge in [0.15, 0.2) is 0 Å². The third kappa shape index (κ3) is 2.71. The van der Waals surface area contributed by atoms with Crippen molar-refractivity contribution in [3.63, 3.8) is 0 Å². The van der Waals surface area contributed by atoms with Crippen molar-refractivity contribution < 1.29 is 9.63 Å². The normalized spacial score (nSPS) is 10.9. The summed E-state index contributed by atoms with van der Waals surface area (Å²) in [6.45, 7) is 0. The molecule has 0 aromatic heterocycles. The van der Waals surface area contributed by atoms with E-state index in [4.69, 9.17) is 0 Å². The van der Waals surface area contributed by atoms with Crippen LogP contribution >= 0.6 is 0 Å². The Hall–Kier alpha value is -2.13. The highest BCUT2D eigenvalue weighted by Crippen LogP contribution is 2.19. The van der Waals surface area contributed by atoms with Gasteiger partial charge in [0.05, 0.1) is 7.11 Å². The molecule has 1 N–H and O–H groups in total. The third-order valence-corrected chi connectivity index (χ3v) is 2.44. The average molecular weight is 227 g/mol. The van der Waals surface area contributed by atoms with Crippen molar-refractivity contribution in [2.24, 2.45) is 0 Å². The quantitative estimate of drug-likeness (QED) is 0.646. The summed E-state index contributed by atoms with van der Waals surface area (Å²) in [7, 11) is 1.41. The molecular weight excluding hydrogens is 214 g/mol. The number of nitrogens with one attached hydrogen (secondary N) is 1. The summed E-state index contributed by atoms with van der Waals surface area (Å²) in [4.78, 5) is 15.8. The maximum absolute atomic E-state index is 11.2. The number of carbonyl (C=O) groups is 1. The van der Waals surface area contributed by atoms with Crippen LogP contribution < -0.4 is 5.48 Å². The summed E-state index contributed by atoms with van der Waals surface area (Å²) in [6.07, 6.45) is 3.22. The van der Waals surface area contributed by atoms with Crippen LogP contribution in [0.15, 0.2) is 48.5 Å². The number of hydrogen-bond donors (Lipinski definition) is 1. The van der Waals surface area contributed by atoms with Gasteiger partial charge in [-0.1, -0.05) is 42.5 Å². The lowest BCUT2D eigenvalue weighted by molar-refractivity contribution is -0.126. The van der Waals surface area contributed by atoms with Crippen LogP contribution in [0.1, 0.15) is 5.56 Å². The standard InChI is InChI=1S/C14H13NO2/c1-17-15-14(16)10-9-12-7-4-6-11-5-2-3-8-13(11)12/h2-10H,1H3,(H,15,16)/b10-9+. The molecule has 2 rings (SSSR count). The maximum Gasteiger partial charge on any atom is 0.267 e. The van der Waals surface area contributed by atoms with Crippen LogP contribution in [0.5, 0.6) is 0 Å². The van der Waals surface area contributed by atoms with E-state index < -0.39 is 0 Å². The van der Waals surface area contributed by atoms with Crippen molar-refractivity contribution in [2.45, 2.75) is 0 Å². The van der Waals surface area contributed by atoms with Crippen LogP contribution in [0, 0.1) is 0 Å². The van der Waals surface area contributed by atoms with Crippen LogP contribution in [-0.4, -0.2) is 13.0 Å². The Labute approximate surface area is 99.7 Å². The van der Waals surface area contributed by atoms with Crippen LogP contribution in [0.3, 0.4) is 0 Å². The number of fused-ring (bicyclic) bond motifs is 1. The molecule has 0 atom stereocenters. The number of hydroxylamine groups is 1. The van der Waals surface area contributed by atoms with E-state index in [2.05, 4.69) is 10.3 Å². The Balaban J connectivity index is 2.33. The zero-order chi connectivity index (χ0) is 12.1. The van der Waals surface area contributed by atoms with Crippen LogP contribution in [0.2, 0.25) is 0 Å². The summed E-state index contributed by atoms with van der Waals surface area (Å²) in [6, 6.07) is 14.0. The molecule has 3 heteroatoms. The Morgan fingerprint density at radius 1 is 1.18 bits per heavy atom. The third-order valence-electron chi connectivity index (χ3n) is 2.44. The van der Waals surface area contributed by atoms with Crippen molar-refractivity contribution in [2.75, 3.05) is 7.11 Å². The molecule has 0 unspecified atom stereocenters. The van der Waals surface area contributed by atoms with E-state index >= 15 is 0 Å². The molecule has 0 radical (unpaired) electrons. The highest BCUT2D eigenvalue weighted by molar-refractivity contribution is 5.96. The minimum absolute atomic E-state index is 0.277. The van der Waals surface area contributed by atoms with E-state index in [-0.39, 0.29) is 5.91 Å². The van der Waals surface area contributed by atoms with E-state index in [0.29, 0.717) is 0 Å². The van der Waals surface area contributed by atoms with E-state index in [0.717, 1.165) is 16.3 Å².